The van der Waals surface area contributed by atoms with Crippen molar-refractivity contribution >= 4 is 39.3 Å². The van der Waals surface area contributed by atoms with Gasteiger partial charge in [0.1, 0.15) is 10.6 Å². The first-order valence-corrected chi connectivity index (χ1v) is 16.4. The Bertz CT molecular complexity index is 1670. The van der Waals surface area contributed by atoms with E-state index in [0.717, 1.165) is 27.4 Å². The van der Waals surface area contributed by atoms with E-state index in [9.17, 15) is 18.0 Å². The van der Waals surface area contributed by atoms with Gasteiger partial charge in [-0.15, -0.1) is 11.3 Å². The number of nitrogens with zero attached hydrogens (tertiary/aromatic N) is 1. The van der Waals surface area contributed by atoms with E-state index in [1.165, 1.54) is 11.3 Å². The van der Waals surface area contributed by atoms with Crippen LogP contribution in [0, 0.1) is 0 Å². The Morgan fingerprint density at radius 2 is 1.70 bits per heavy atom. The number of carbonyl (C=O) groups is 2. The summed E-state index contributed by atoms with van der Waals surface area (Å²) in [6, 6.07) is 23.2. The van der Waals surface area contributed by atoms with Crippen LogP contribution in [0.2, 0.25) is 0 Å². The topological polar surface area (TPSA) is 147 Å². The van der Waals surface area contributed by atoms with Crippen molar-refractivity contribution in [2.45, 2.75) is 51.7 Å². The molecule has 3 aromatic carbocycles. The fraction of sp³-hybridized carbons (Fsp3) is 0.281. The number of anilines is 1. The van der Waals surface area contributed by atoms with Crippen molar-refractivity contribution in [3.8, 4) is 11.3 Å². The lowest BCUT2D eigenvalue weighted by Crippen LogP contribution is -2.33. The molecule has 0 bridgehead atoms. The first kappa shape index (κ1) is 32.6. The van der Waals surface area contributed by atoms with Crippen molar-refractivity contribution in [3.63, 3.8) is 0 Å². The van der Waals surface area contributed by atoms with Crippen LogP contribution in [0.5, 0.6) is 0 Å². The van der Waals surface area contributed by atoms with Gasteiger partial charge in [-0.05, 0) is 75.4 Å². The molecule has 232 valence electrons. The minimum atomic E-state index is -4.39. The van der Waals surface area contributed by atoms with Crippen LogP contribution in [0.25, 0.3) is 11.3 Å². The molecule has 12 heteroatoms. The summed E-state index contributed by atoms with van der Waals surface area (Å²) in [6.45, 7) is 5.88. The Labute approximate surface area is 261 Å². The molecule has 1 aromatic heterocycles. The van der Waals surface area contributed by atoms with Gasteiger partial charge in [0, 0.05) is 23.1 Å². The molecule has 0 aliphatic heterocycles. The molecule has 0 saturated heterocycles. The van der Waals surface area contributed by atoms with Crippen LogP contribution >= 0.6 is 11.3 Å². The molecule has 44 heavy (non-hydrogen) atoms. The van der Waals surface area contributed by atoms with Crippen LogP contribution in [-0.4, -0.2) is 42.1 Å². The quantitative estimate of drug-likeness (QED) is 0.107. The van der Waals surface area contributed by atoms with Crippen molar-refractivity contribution in [2.75, 3.05) is 11.3 Å². The highest BCUT2D eigenvalue weighted by Crippen LogP contribution is 2.28. The molecule has 0 aliphatic carbocycles. The SMILES string of the molecule is CC(C)(C)OC(=O)NCCCc1cccc(C(=O)N[C@@H](Cc2ccc(NS(=O)(=O)O)cc2)c2nc(-c3ccccc3)cs2)c1. The fourth-order valence-corrected chi connectivity index (χ4v) is 5.70. The summed E-state index contributed by atoms with van der Waals surface area (Å²) in [7, 11) is -4.39. The Balaban J connectivity index is 1.46. The Hall–Kier alpha value is -4.26. The van der Waals surface area contributed by atoms with Gasteiger partial charge in [0.25, 0.3) is 5.91 Å². The van der Waals surface area contributed by atoms with Crippen molar-refractivity contribution < 1.29 is 27.3 Å². The van der Waals surface area contributed by atoms with Crippen molar-refractivity contribution in [1.29, 1.82) is 0 Å². The predicted molar refractivity (Wildman–Crippen MR) is 172 cm³/mol. The van der Waals surface area contributed by atoms with Crippen LogP contribution in [0.1, 0.15) is 59.7 Å². The summed E-state index contributed by atoms with van der Waals surface area (Å²) in [5, 5.41) is 8.56. The molecular formula is C32H36N4O6S2. The summed E-state index contributed by atoms with van der Waals surface area (Å²) in [4.78, 5) is 30.2. The van der Waals surface area contributed by atoms with E-state index >= 15 is 0 Å². The van der Waals surface area contributed by atoms with Gasteiger partial charge in [-0.1, -0.05) is 54.6 Å². The number of alkyl carbamates (subject to hydrolysis) is 1. The summed E-state index contributed by atoms with van der Waals surface area (Å²) >= 11 is 1.45. The molecule has 4 aromatic rings. The van der Waals surface area contributed by atoms with Gasteiger partial charge in [-0.2, -0.15) is 8.42 Å². The number of rotatable bonds is 12. The molecule has 0 unspecified atom stereocenters. The largest absolute Gasteiger partial charge is 0.444 e. The Morgan fingerprint density at radius 1 is 0.977 bits per heavy atom. The summed E-state index contributed by atoms with van der Waals surface area (Å²) < 4.78 is 38.7. The number of thiazole rings is 1. The predicted octanol–water partition coefficient (Wildman–Crippen LogP) is 6.20. The molecule has 0 saturated carbocycles. The number of aryl methyl sites for hydroxylation is 1. The van der Waals surface area contributed by atoms with Crippen LogP contribution in [0.4, 0.5) is 10.5 Å². The molecule has 1 atom stereocenters. The highest BCUT2D eigenvalue weighted by Gasteiger charge is 2.21. The standard InChI is InChI=1S/C32H36N4O6S2/c1-32(2,3)42-31(38)33-18-8-10-22-9-7-13-25(19-22)29(37)34-27(20-23-14-16-26(17-15-23)36-44(39,40)41)30-35-28(21-43-30)24-11-5-4-6-12-24/h4-7,9,11-17,19,21,27,36H,8,10,18,20H2,1-3H3,(H,33,38)(H,34,37)(H,39,40,41)/t27-/m0/s1. The molecule has 4 rings (SSSR count). The lowest BCUT2D eigenvalue weighted by molar-refractivity contribution is 0.0527. The minimum Gasteiger partial charge on any atom is -0.444 e. The van der Waals surface area contributed by atoms with Gasteiger partial charge in [-0.25, -0.2) is 9.78 Å². The molecular weight excluding hydrogens is 601 g/mol. The second-order valence-corrected chi connectivity index (χ2v) is 13.2. The van der Waals surface area contributed by atoms with Crippen LogP contribution < -0.4 is 15.4 Å². The number of benzene rings is 3. The van der Waals surface area contributed by atoms with Gasteiger partial charge >= 0.3 is 16.4 Å². The summed E-state index contributed by atoms with van der Waals surface area (Å²) in [5.74, 6) is -0.259. The van der Waals surface area contributed by atoms with E-state index in [4.69, 9.17) is 14.3 Å². The maximum Gasteiger partial charge on any atom is 0.407 e. The van der Waals surface area contributed by atoms with Gasteiger partial charge in [-0.3, -0.25) is 14.1 Å². The molecule has 0 fully saturated rings. The van der Waals surface area contributed by atoms with Gasteiger partial charge < -0.3 is 15.4 Å². The molecule has 4 N–H and O–H groups in total. The second kappa shape index (κ2) is 14.5. The maximum absolute atomic E-state index is 13.5. The number of nitrogens with one attached hydrogen (secondary N) is 3. The lowest BCUT2D eigenvalue weighted by Gasteiger charge is -2.19. The number of hydrogen-bond acceptors (Lipinski definition) is 7. The van der Waals surface area contributed by atoms with Crippen LogP contribution in [0.15, 0.2) is 84.2 Å². The van der Waals surface area contributed by atoms with E-state index in [0.29, 0.717) is 31.4 Å². The highest BCUT2D eigenvalue weighted by atomic mass is 32.2. The summed E-state index contributed by atoms with van der Waals surface area (Å²) in [6.07, 6.45) is 1.28. The molecule has 0 radical (unpaired) electrons. The summed E-state index contributed by atoms with van der Waals surface area (Å²) in [5.41, 5.74) is 3.72. The molecule has 2 amide bonds. The van der Waals surface area contributed by atoms with E-state index < -0.39 is 28.0 Å². The number of ether oxygens (including phenoxy) is 1. The molecule has 0 aliphatic rings. The number of amides is 2. The number of hydrogen-bond donors (Lipinski definition) is 4. The van der Waals surface area contributed by atoms with Crippen molar-refractivity contribution in [3.05, 3.63) is 106 Å². The lowest BCUT2D eigenvalue weighted by atomic mass is 10.0. The third kappa shape index (κ3) is 10.5. The molecule has 0 spiro atoms. The van der Waals surface area contributed by atoms with Crippen LogP contribution in [0.3, 0.4) is 0 Å². The normalized spacial score (nSPS) is 12.3. The van der Waals surface area contributed by atoms with Gasteiger partial charge in [0.15, 0.2) is 0 Å². The zero-order chi connectivity index (χ0) is 31.7. The Morgan fingerprint density at radius 3 is 2.39 bits per heavy atom. The molecule has 1 heterocycles. The van der Waals surface area contributed by atoms with Crippen molar-refractivity contribution in [2.24, 2.45) is 0 Å². The van der Waals surface area contributed by atoms with E-state index in [1.807, 2.05) is 79.4 Å². The monoisotopic (exact) mass is 636 g/mol. The van der Waals surface area contributed by atoms with E-state index in [1.54, 1.807) is 30.3 Å². The highest BCUT2D eigenvalue weighted by molar-refractivity contribution is 7.87. The zero-order valence-corrected chi connectivity index (χ0v) is 26.4. The average Bonchev–Trinajstić information content (AvgIpc) is 3.45. The number of aromatic nitrogens is 1. The minimum absolute atomic E-state index is 0.218. The van der Waals surface area contributed by atoms with Gasteiger partial charge in [0.05, 0.1) is 17.4 Å². The van der Waals surface area contributed by atoms with Crippen molar-refractivity contribution in [1.82, 2.24) is 15.6 Å². The number of carbonyl (C=O) groups excluding carboxylic acids is 2. The fourth-order valence-electron chi connectivity index (χ4n) is 4.39. The van der Waals surface area contributed by atoms with Gasteiger partial charge in [0.2, 0.25) is 0 Å². The zero-order valence-electron chi connectivity index (χ0n) is 24.7. The van der Waals surface area contributed by atoms with E-state index in [2.05, 4.69) is 10.6 Å². The average molecular weight is 637 g/mol. The Kier molecular flexibility index (Phi) is 10.7. The first-order chi connectivity index (χ1) is 20.8. The second-order valence-electron chi connectivity index (χ2n) is 11.2. The van der Waals surface area contributed by atoms with Crippen LogP contribution in [-0.2, 0) is 27.9 Å². The first-order valence-electron chi connectivity index (χ1n) is 14.1. The third-order valence-electron chi connectivity index (χ3n) is 6.34. The smallest absolute Gasteiger partial charge is 0.407 e. The van der Waals surface area contributed by atoms with E-state index in [-0.39, 0.29) is 11.6 Å². The third-order valence-corrected chi connectivity index (χ3v) is 7.79. The maximum atomic E-state index is 13.5. The molecule has 10 nitrogen and oxygen atoms in total.